The molecule has 0 saturated carbocycles. The van der Waals surface area contributed by atoms with E-state index in [1.54, 1.807) is 4.90 Å². The summed E-state index contributed by atoms with van der Waals surface area (Å²) in [5.74, 6) is -0.359. The normalized spacial score (nSPS) is 16.5. The van der Waals surface area contributed by atoms with Crippen LogP contribution in [0.4, 0.5) is 13.2 Å². The summed E-state index contributed by atoms with van der Waals surface area (Å²) < 4.78 is 67.0. The minimum Gasteiger partial charge on any atom is -0.339 e. The Morgan fingerprint density at radius 1 is 1.06 bits per heavy atom. The van der Waals surface area contributed by atoms with Crippen molar-refractivity contribution in [2.45, 2.75) is 36.9 Å². The molecule has 1 unspecified atom stereocenters. The number of nitrogens with zero attached hydrogens (tertiary/aromatic N) is 2. The number of nitrogens with one attached hydrogen (secondary N) is 1. The zero-order valence-electron chi connectivity index (χ0n) is 19.5. The molecule has 0 bridgehead atoms. The summed E-state index contributed by atoms with van der Waals surface area (Å²) in [5, 5.41) is 0. The lowest BCUT2D eigenvalue weighted by Crippen LogP contribution is -2.54. The Morgan fingerprint density at radius 2 is 1.74 bits per heavy atom. The maximum absolute atomic E-state index is 13.1. The molecule has 190 valence electrons. The fraction of sp³-hybridized carbons (Fsp3) is 0.400. The van der Waals surface area contributed by atoms with Crippen molar-refractivity contribution in [1.82, 2.24) is 14.5 Å². The van der Waals surface area contributed by atoms with E-state index < -0.39 is 32.7 Å². The van der Waals surface area contributed by atoms with Crippen molar-refractivity contribution in [1.29, 1.82) is 0 Å². The molecular weight excluding hydrogens is 479 g/mol. The van der Waals surface area contributed by atoms with Gasteiger partial charge in [-0.2, -0.15) is 17.9 Å². The number of halogens is 3. The van der Waals surface area contributed by atoms with E-state index in [2.05, 4.69) is 15.7 Å². The third-order valence-electron chi connectivity index (χ3n) is 5.80. The average Bonchev–Trinajstić information content (AvgIpc) is 2.84. The maximum atomic E-state index is 13.1. The van der Waals surface area contributed by atoms with Crippen LogP contribution in [-0.2, 0) is 21.0 Å². The smallest absolute Gasteiger partial charge is 0.339 e. The van der Waals surface area contributed by atoms with Gasteiger partial charge in [-0.05, 0) is 30.2 Å². The lowest BCUT2D eigenvalue weighted by Gasteiger charge is -2.36. The van der Waals surface area contributed by atoms with Gasteiger partial charge in [-0.25, -0.2) is 8.42 Å². The van der Waals surface area contributed by atoms with Gasteiger partial charge >= 0.3 is 6.18 Å². The van der Waals surface area contributed by atoms with Crippen LogP contribution in [0, 0.1) is 0 Å². The Morgan fingerprint density at radius 3 is 2.37 bits per heavy atom. The van der Waals surface area contributed by atoms with E-state index in [9.17, 15) is 26.4 Å². The second-order valence-electron chi connectivity index (χ2n) is 8.43. The first kappa shape index (κ1) is 26.9. The van der Waals surface area contributed by atoms with Crippen LogP contribution in [0.3, 0.4) is 0 Å². The molecule has 3 rings (SSSR count). The van der Waals surface area contributed by atoms with E-state index in [0.717, 1.165) is 30.3 Å². The quantitative estimate of drug-likeness (QED) is 0.555. The predicted octanol–water partition coefficient (Wildman–Crippen LogP) is 4.01. The number of benzene rings is 2. The van der Waals surface area contributed by atoms with Crippen LogP contribution >= 0.6 is 0 Å². The Balaban J connectivity index is 1.60. The topological polar surface area (TPSA) is 69.7 Å². The lowest BCUT2D eigenvalue weighted by atomic mass is 10.1. The molecule has 0 radical (unpaired) electrons. The SMILES string of the molecule is CCCC(NS(=O)(=O)c1cccc(C(F)(F)F)c1)C(=O)N1CCN(C/C=C/c2ccccc2)CC1. The first-order valence-corrected chi connectivity index (χ1v) is 13.0. The maximum Gasteiger partial charge on any atom is 0.416 e. The highest BCUT2D eigenvalue weighted by atomic mass is 32.2. The minimum absolute atomic E-state index is 0.247. The van der Waals surface area contributed by atoms with Gasteiger partial charge < -0.3 is 4.90 Å². The number of piperazine rings is 1. The molecule has 1 aliphatic rings. The summed E-state index contributed by atoms with van der Waals surface area (Å²) >= 11 is 0. The molecule has 35 heavy (non-hydrogen) atoms. The molecule has 0 aliphatic carbocycles. The zero-order chi connectivity index (χ0) is 25.5. The molecule has 1 atom stereocenters. The van der Waals surface area contributed by atoms with Crippen LogP contribution in [0.2, 0.25) is 0 Å². The highest BCUT2D eigenvalue weighted by molar-refractivity contribution is 7.89. The van der Waals surface area contributed by atoms with Gasteiger partial charge in [-0.1, -0.05) is 61.9 Å². The van der Waals surface area contributed by atoms with Crippen LogP contribution in [0.1, 0.15) is 30.9 Å². The van der Waals surface area contributed by atoms with E-state index in [0.29, 0.717) is 38.7 Å². The second-order valence-corrected chi connectivity index (χ2v) is 10.1. The third-order valence-corrected chi connectivity index (χ3v) is 7.27. The summed E-state index contributed by atoms with van der Waals surface area (Å²) in [6, 6.07) is 12.4. The van der Waals surface area contributed by atoms with Crippen molar-refractivity contribution in [3.63, 3.8) is 0 Å². The van der Waals surface area contributed by atoms with Crippen LogP contribution < -0.4 is 4.72 Å². The molecular formula is C25H30F3N3O3S. The number of hydrogen-bond donors (Lipinski definition) is 1. The molecule has 2 aromatic carbocycles. The number of carbonyl (C=O) groups excluding carboxylic acids is 1. The molecule has 6 nitrogen and oxygen atoms in total. The summed E-state index contributed by atoms with van der Waals surface area (Å²) in [7, 11) is -4.31. The van der Waals surface area contributed by atoms with Gasteiger partial charge in [0.2, 0.25) is 15.9 Å². The van der Waals surface area contributed by atoms with E-state index >= 15 is 0 Å². The number of alkyl halides is 3. The first-order chi connectivity index (χ1) is 16.6. The van der Waals surface area contributed by atoms with Crippen LogP contribution in [-0.4, -0.2) is 62.9 Å². The van der Waals surface area contributed by atoms with Crippen molar-refractivity contribution in [2.24, 2.45) is 0 Å². The molecule has 1 fully saturated rings. The standard InChI is InChI=1S/C25H30F3N3O3S/c1-2-8-23(29-35(33,34)22-13-6-12-21(19-22)25(26,27)28)24(32)31-17-15-30(16-18-31)14-7-11-20-9-4-3-5-10-20/h3-7,9-13,19,23,29H,2,8,14-18H2,1H3/b11-7+. The Hall–Kier alpha value is -2.69. The largest absolute Gasteiger partial charge is 0.416 e. The van der Waals surface area contributed by atoms with E-state index in [-0.39, 0.29) is 12.3 Å². The first-order valence-electron chi connectivity index (χ1n) is 11.5. The van der Waals surface area contributed by atoms with Gasteiger partial charge in [0.05, 0.1) is 10.5 Å². The van der Waals surface area contributed by atoms with Gasteiger partial charge in [-0.15, -0.1) is 0 Å². The molecule has 0 aromatic heterocycles. The van der Waals surface area contributed by atoms with Gasteiger partial charge in [0, 0.05) is 32.7 Å². The van der Waals surface area contributed by atoms with Crippen molar-refractivity contribution >= 4 is 22.0 Å². The number of amides is 1. The van der Waals surface area contributed by atoms with Crippen LogP contribution in [0.5, 0.6) is 0 Å². The Bertz CT molecular complexity index is 1110. The Kier molecular flexibility index (Phi) is 9.09. The van der Waals surface area contributed by atoms with Crippen LogP contribution in [0.15, 0.2) is 65.6 Å². The molecule has 2 aromatic rings. The van der Waals surface area contributed by atoms with Crippen molar-refractivity contribution in [3.05, 3.63) is 71.8 Å². The number of sulfonamides is 1. The van der Waals surface area contributed by atoms with Crippen molar-refractivity contribution < 1.29 is 26.4 Å². The number of carbonyl (C=O) groups is 1. The van der Waals surface area contributed by atoms with Gasteiger partial charge in [0.25, 0.3) is 0 Å². The van der Waals surface area contributed by atoms with Crippen molar-refractivity contribution in [3.8, 4) is 0 Å². The highest BCUT2D eigenvalue weighted by Gasteiger charge is 2.34. The van der Waals surface area contributed by atoms with E-state index in [1.807, 2.05) is 43.3 Å². The fourth-order valence-corrected chi connectivity index (χ4v) is 5.16. The van der Waals surface area contributed by atoms with Crippen molar-refractivity contribution in [2.75, 3.05) is 32.7 Å². The average molecular weight is 510 g/mol. The van der Waals surface area contributed by atoms with Gasteiger partial charge in [0.15, 0.2) is 0 Å². The second kappa shape index (κ2) is 11.8. The third kappa shape index (κ3) is 7.65. The fourth-order valence-electron chi connectivity index (χ4n) is 3.89. The van der Waals surface area contributed by atoms with Gasteiger partial charge in [-0.3, -0.25) is 9.69 Å². The predicted molar refractivity (Wildman–Crippen MR) is 129 cm³/mol. The summed E-state index contributed by atoms with van der Waals surface area (Å²) in [4.78, 5) is 16.4. The number of hydrogen-bond acceptors (Lipinski definition) is 4. The van der Waals surface area contributed by atoms with E-state index in [1.165, 1.54) is 0 Å². The lowest BCUT2D eigenvalue weighted by molar-refractivity contribution is -0.138. The number of rotatable bonds is 9. The summed E-state index contributed by atoms with van der Waals surface area (Å²) in [6.07, 6.45) is 0.218. The Labute approximate surface area is 204 Å². The molecule has 1 heterocycles. The minimum atomic E-state index is -4.67. The summed E-state index contributed by atoms with van der Waals surface area (Å²) in [5.41, 5.74) is 0.0490. The molecule has 10 heteroatoms. The highest BCUT2D eigenvalue weighted by Crippen LogP contribution is 2.30. The molecule has 1 amide bonds. The van der Waals surface area contributed by atoms with Crippen LogP contribution in [0.25, 0.3) is 6.08 Å². The molecule has 1 N–H and O–H groups in total. The zero-order valence-corrected chi connectivity index (χ0v) is 20.4. The monoisotopic (exact) mass is 509 g/mol. The van der Waals surface area contributed by atoms with Gasteiger partial charge in [0.1, 0.15) is 6.04 Å². The van der Waals surface area contributed by atoms with E-state index in [4.69, 9.17) is 0 Å². The molecule has 1 saturated heterocycles. The molecule has 0 spiro atoms. The molecule has 1 aliphatic heterocycles. The summed E-state index contributed by atoms with van der Waals surface area (Å²) in [6.45, 7) is 4.73.